The number of rotatable bonds is 7. The van der Waals surface area contributed by atoms with Crippen molar-refractivity contribution < 1.29 is 4.79 Å². The predicted octanol–water partition coefficient (Wildman–Crippen LogP) is 2.82. The van der Waals surface area contributed by atoms with Gasteiger partial charge in [-0.05, 0) is 37.8 Å². The van der Waals surface area contributed by atoms with Gasteiger partial charge in [-0.25, -0.2) is 4.98 Å². The van der Waals surface area contributed by atoms with Crippen molar-refractivity contribution in [2.45, 2.75) is 45.6 Å². The highest BCUT2D eigenvalue weighted by Crippen LogP contribution is 2.33. The lowest BCUT2D eigenvalue weighted by Gasteiger charge is -2.13. The molecule has 0 radical (unpaired) electrons. The first-order chi connectivity index (χ1) is 9.19. The van der Waals surface area contributed by atoms with E-state index in [-0.39, 0.29) is 11.9 Å². The van der Waals surface area contributed by atoms with E-state index in [1.807, 2.05) is 12.1 Å². The maximum Gasteiger partial charge on any atom is 0.253 e. The third-order valence-corrected chi connectivity index (χ3v) is 3.34. The van der Waals surface area contributed by atoms with Gasteiger partial charge >= 0.3 is 0 Å². The summed E-state index contributed by atoms with van der Waals surface area (Å²) in [7, 11) is 0. The molecular formula is C15H23N3O. The van der Waals surface area contributed by atoms with Gasteiger partial charge in [0.2, 0.25) is 0 Å². The summed E-state index contributed by atoms with van der Waals surface area (Å²) in [5.74, 6) is 1.63. The Kier molecular flexibility index (Phi) is 4.77. The molecule has 1 heterocycles. The van der Waals surface area contributed by atoms with E-state index in [9.17, 15) is 4.79 Å². The average Bonchev–Trinajstić information content (AvgIpc) is 3.20. The molecule has 1 unspecified atom stereocenters. The molecular weight excluding hydrogens is 238 g/mol. The van der Waals surface area contributed by atoms with Crippen molar-refractivity contribution in [3.63, 3.8) is 0 Å². The summed E-state index contributed by atoms with van der Waals surface area (Å²) in [6, 6.07) is 3.93. The number of carbonyl (C=O) groups is 1. The second kappa shape index (κ2) is 6.55. The fraction of sp³-hybridized carbons (Fsp3) is 0.600. The molecule has 0 bridgehead atoms. The van der Waals surface area contributed by atoms with Gasteiger partial charge in [0.1, 0.15) is 5.82 Å². The number of amides is 1. The first-order valence-electron chi connectivity index (χ1n) is 7.19. The Morgan fingerprint density at radius 3 is 2.84 bits per heavy atom. The van der Waals surface area contributed by atoms with E-state index < -0.39 is 0 Å². The molecule has 1 amide bonds. The molecule has 1 aromatic heterocycles. The summed E-state index contributed by atoms with van der Waals surface area (Å²) >= 11 is 0. The lowest BCUT2D eigenvalue weighted by Crippen LogP contribution is -2.32. The molecule has 4 nitrogen and oxygen atoms in total. The van der Waals surface area contributed by atoms with Crippen molar-refractivity contribution in [2.24, 2.45) is 5.92 Å². The van der Waals surface area contributed by atoms with Gasteiger partial charge in [0.05, 0.1) is 5.56 Å². The van der Waals surface area contributed by atoms with Gasteiger partial charge in [0.25, 0.3) is 5.91 Å². The topological polar surface area (TPSA) is 54.0 Å². The highest BCUT2D eigenvalue weighted by atomic mass is 16.1. The lowest BCUT2D eigenvalue weighted by atomic mass is 10.1. The van der Waals surface area contributed by atoms with Gasteiger partial charge in [0.15, 0.2) is 0 Å². The van der Waals surface area contributed by atoms with Crippen LogP contribution < -0.4 is 10.6 Å². The molecule has 0 aliphatic heterocycles. The van der Waals surface area contributed by atoms with Crippen LogP contribution in [-0.2, 0) is 0 Å². The third kappa shape index (κ3) is 4.54. The number of carbonyl (C=O) groups excluding carboxylic acids is 1. The van der Waals surface area contributed by atoms with Gasteiger partial charge in [0, 0.05) is 18.8 Å². The quantitative estimate of drug-likeness (QED) is 0.793. The van der Waals surface area contributed by atoms with Crippen LogP contribution in [0.1, 0.15) is 49.9 Å². The molecule has 0 aromatic carbocycles. The number of hydrogen-bond donors (Lipinski definition) is 2. The van der Waals surface area contributed by atoms with Gasteiger partial charge < -0.3 is 10.6 Å². The minimum atomic E-state index is -0.0253. The van der Waals surface area contributed by atoms with Crippen LogP contribution in [-0.4, -0.2) is 23.5 Å². The lowest BCUT2D eigenvalue weighted by molar-refractivity contribution is 0.0937. The molecule has 19 heavy (non-hydrogen) atoms. The van der Waals surface area contributed by atoms with Crippen molar-refractivity contribution in [1.82, 2.24) is 10.3 Å². The van der Waals surface area contributed by atoms with E-state index >= 15 is 0 Å². The average molecular weight is 261 g/mol. The van der Waals surface area contributed by atoms with Gasteiger partial charge in [-0.15, -0.1) is 0 Å². The number of pyridine rings is 1. The first-order valence-corrected chi connectivity index (χ1v) is 7.19. The van der Waals surface area contributed by atoms with Crippen LogP contribution in [0.5, 0.6) is 0 Å². The van der Waals surface area contributed by atoms with Gasteiger partial charge in [-0.1, -0.05) is 19.8 Å². The van der Waals surface area contributed by atoms with Gasteiger partial charge in [-0.2, -0.15) is 0 Å². The Labute approximate surface area is 115 Å². The second-order valence-corrected chi connectivity index (χ2v) is 5.41. The van der Waals surface area contributed by atoms with Crippen molar-refractivity contribution in [2.75, 3.05) is 11.9 Å². The normalized spacial score (nSPS) is 15.9. The molecule has 1 fully saturated rings. The molecule has 1 saturated carbocycles. The standard InChI is InChI=1S/C15H23N3O/c1-3-8-16-14-7-6-13(10-17-14)15(19)18-11(2)9-12-4-5-12/h6-7,10-12H,3-5,8-9H2,1-2H3,(H,16,17)(H,18,19). The summed E-state index contributed by atoms with van der Waals surface area (Å²) in [4.78, 5) is 16.3. The minimum Gasteiger partial charge on any atom is -0.370 e. The van der Waals surface area contributed by atoms with E-state index in [0.29, 0.717) is 5.56 Å². The summed E-state index contributed by atoms with van der Waals surface area (Å²) < 4.78 is 0. The molecule has 2 N–H and O–H groups in total. The second-order valence-electron chi connectivity index (χ2n) is 5.41. The van der Waals surface area contributed by atoms with E-state index in [1.54, 1.807) is 6.20 Å². The van der Waals surface area contributed by atoms with E-state index in [4.69, 9.17) is 0 Å². The zero-order chi connectivity index (χ0) is 13.7. The van der Waals surface area contributed by atoms with Crippen LogP contribution in [0.3, 0.4) is 0 Å². The summed E-state index contributed by atoms with van der Waals surface area (Å²) in [6.45, 7) is 5.08. The Morgan fingerprint density at radius 1 is 1.47 bits per heavy atom. The number of aromatic nitrogens is 1. The molecule has 1 atom stereocenters. The largest absolute Gasteiger partial charge is 0.370 e. The zero-order valence-electron chi connectivity index (χ0n) is 11.8. The fourth-order valence-electron chi connectivity index (χ4n) is 2.11. The first kappa shape index (κ1) is 13.8. The SMILES string of the molecule is CCCNc1ccc(C(=O)NC(C)CC2CC2)cn1. The van der Waals surface area contributed by atoms with Crippen LogP contribution >= 0.6 is 0 Å². The fourth-order valence-corrected chi connectivity index (χ4v) is 2.11. The maximum absolute atomic E-state index is 12.0. The summed E-state index contributed by atoms with van der Waals surface area (Å²) in [5, 5.41) is 6.22. The van der Waals surface area contributed by atoms with Gasteiger partial charge in [-0.3, -0.25) is 4.79 Å². The van der Waals surface area contributed by atoms with E-state index in [0.717, 1.165) is 31.1 Å². The number of anilines is 1. The van der Waals surface area contributed by atoms with Crippen LogP contribution in [0.4, 0.5) is 5.82 Å². The predicted molar refractivity (Wildman–Crippen MR) is 77.3 cm³/mol. The number of nitrogens with zero attached hydrogens (tertiary/aromatic N) is 1. The Bertz CT molecular complexity index is 412. The Morgan fingerprint density at radius 2 is 2.26 bits per heavy atom. The molecule has 104 valence electrons. The third-order valence-electron chi connectivity index (χ3n) is 3.34. The maximum atomic E-state index is 12.0. The van der Waals surface area contributed by atoms with Crippen molar-refractivity contribution in [3.05, 3.63) is 23.9 Å². The molecule has 2 rings (SSSR count). The minimum absolute atomic E-state index is 0.0253. The summed E-state index contributed by atoms with van der Waals surface area (Å²) in [5.41, 5.74) is 0.629. The smallest absolute Gasteiger partial charge is 0.253 e. The Balaban J connectivity index is 1.83. The molecule has 1 aliphatic carbocycles. The summed E-state index contributed by atoms with van der Waals surface area (Å²) in [6.07, 6.45) is 6.42. The van der Waals surface area contributed by atoms with E-state index in [1.165, 1.54) is 12.8 Å². The van der Waals surface area contributed by atoms with Crippen molar-refractivity contribution in [3.8, 4) is 0 Å². The van der Waals surface area contributed by atoms with Crippen LogP contribution in [0.2, 0.25) is 0 Å². The molecule has 1 aromatic rings. The highest BCUT2D eigenvalue weighted by Gasteiger charge is 2.24. The van der Waals surface area contributed by atoms with Crippen LogP contribution in [0, 0.1) is 5.92 Å². The molecule has 1 aliphatic rings. The zero-order valence-corrected chi connectivity index (χ0v) is 11.8. The van der Waals surface area contributed by atoms with Crippen LogP contribution in [0.25, 0.3) is 0 Å². The van der Waals surface area contributed by atoms with Crippen LogP contribution in [0.15, 0.2) is 18.3 Å². The number of nitrogens with one attached hydrogen (secondary N) is 2. The molecule has 0 spiro atoms. The van der Waals surface area contributed by atoms with Crippen molar-refractivity contribution >= 4 is 11.7 Å². The van der Waals surface area contributed by atoms with Crippen molar-refractivity contribution in [1.29, 1.82) is 0 Å². The molecule has 0 saturated heterocycles. The molecule has 4 heteroatoms. The number of hydrogen-bond acceptors (Lipinski definition) is 3. The van der Waals surface area contributed by atoms with E-state index in [2.05, 4.69) is 29.5 Å². The Hall–Kier alpha value is -1.58. The highest BCUT2D eigenvalue weighted by molar-refractivity contribution is 5.94. The monoisotopic (exact) mass is 261 g/mol.